The molecule has 1 aromatic heterocycles. The van der Waals surface area contributed by atoms with Crippen LogP contribution in [0.15, 0.2) is 59.7 Å². The average molecular weight is 383 g/mol. The Hall–Kier alpha value is -2.86. The monoisotopic (exact) mass is 382 g/mol. The van der Waals surface area contributed by atoms with Gasteiger partial charge in [-0.3, -0.25) is 14.2 Å². The highest BCUT2D eigenvalue weighted by Gasteiger charge is 2.22. The van der Waals surface area contributed by atoms with Crippen LogP contribution in [0.4, 0.5) is 5.69 Å². The fraction of sp³-hybridized carbons (Fsp3) is 0.250. The molecular weight excluding hydrogens is 364 g/mol. The molecule has 0 spiro atoms. The quantitative estimate of drug-likeness (QED) is 0.698. The number of anilines is 1. The Morgan fingerprint density at radius 1 is 1.00 bits per heavy atom. The Morgan fingerprint density at radius 2 is 1.70 bits per heavy atom. The molecule has 1 fully saturated rings. The van der Waals surface area contributed by atoms with Crippen molar-refractivity contribution in [1.29, 1.82) is 0 Å². The van der Waals surface area contributed by atoms with E-state index in [1.165, 1.54) is 10.9 Å². The molecule has 0 aliphatic carbocycles. The molecule has 0 bridgehead atoms. The first-order valence-corrected chi connectivity index (χ1v) is 9.22. The molecule has 2 aromatic carbocycles. The minimum Gasteiger partial charge on any atom is -0.368 e. The molecule has 2 heterocycles. The van der Waals surface area contributed by atoms with Crippen LogP contribution in [-0.2, 0) is 11.3 Å². The fourth-order valence-corrected chi connectivity index (χ4v) is 3.46. The zero-order valence-electron chi connectivity index (χ0n) is 14.7. The second kappa shape index (κ2) is 7.40. The van der Waals surface area contributed by atoms with Gasteiger partial charge in [0.2, 0.25) is 5.91 Å². The predicted molar refractivity (Wildman–Crippen MR) is 106 cm³/mol. The fourth-order valence-electron chi connectivity index (χ4n) is 3.33. The molecule has 0 saturated carbocycles. The number of carbonyl (C=O) groups is 1. The molecule has 0 unspecified atom stereocenters. The Balaban J connectivity index is 1.42. The number of fused-ring (bicyclic) bond motifs is 1. The molecule has 1 aliphatic heterocycles. The van der Waals surface area contributed by atoms with Gasteiger partial charge < -0.3 is 9.80 Å². The van der Waals surface area contributed by atoms with Gasteiger partial charge in [-0.05, 0) is 36.4 Å². The van der Waals surface area contributed by atoms with Crippen LogP contribution in [0.25, 0.3) is 10.9 Å². The van der Waals surface area contributed by atoms with E-state index in [9.17, 15) is 9.59 Å². The zero-order chi connectivity index (χ0) is 18.8. The van der Waals surface area contributed by atoms with E-state index >= 15 is 0 Å². The smallest absolute Gasteiger partial charge is 0.261 e. The van der Waals surface area contributed by atoms with E-state index in [4.69, 9.17) is 11.6 Å². The van der Waals surface area contributed by atoms with Crippen LogP contribution in [-0.4, -0.2) is 46.5 Å². The van der Waals surface area contributed by atoms with Crippen LogP contribution in [0.5, 0.6) is 0 Å². The highest BCUT2D eigenvalue weighted by Crippen LogP contribution is 2.19. The molecule has 1 aliphatic rings. The number of aromatic nitrogens is 2. The van der Waals surface area contributed by atoms with Crippen LogP contribution in [0, 0.1) is 0 Å². The van der Waals surface area contributed by atoms with Gasteiger partial charge in [0.25, 0.3) is 5.56 Å². The van der Waals surface area contributed by atoms with Crippen molar-refractivity contribution in [3.8, 4) is 0 Å². The highest BCUT2D eigenvalue weighted by atomic mass is 35.5. The number of para-hydroxylation sites is 1. The second-order valence-electron chi connectivity index (χ2n) is 6.54. The molecule has 27 heavy (non-hydrogen) atoms. The third kappa shape index (κ3) is 3.66. The number of hydrogen-bond acceptors (Lipinski definition) is 4. The van der Waals surface area contributed by atoms with Crippen LogP contribution in [0.3, 0.4) is 0 Å². The number of hydrogen-bond donors (Lipinski definition) is 0. The number of benzene rings is 2. The molecule has 0 atom stereocenters. The lowest BCUT2D eigenvalue weighted by Gasteiger charge is -2.36. The van der Waals surface area contributed by atoms with E-state index in [2.05, 4.69) is 9.88 Å². The van der Waals surface area contributed by atoms with Crippen LogP contribution < -0.4 is 10.5 Å². The van der Waals surface area contributed by atoms with Crippen molar-refractivity contribution in [3.05, 3.63) is 70.2 Å². The maximum Gasteiger partial charge on any atom is 0.261 e. The van der Waals surface area contributed by atoms with E-state index in [0.29, 0.717) is 29.0 Å². The van der Waals surface area contributed by atoms with E-state index in [0.717, 1.165) is 18.8 Å². The second-order valence-corrected chi connectivity index (χ2v) is 6.98. The van der Waals surface area contributed by atoms with Crippen molar-refractivity contribution in [2.24, 2.45) is 0 Å². The van der Waals surface area contributed by atoms with Gasteiger partial charge in [-0.15, -0.1) is 0 Å². The van der Waals surface area contributed by atoms with Crippen LogP contribution in [0.1, 0.15) is 0 Å². The van der Waals surface area contributed by atoms with Crippen molar-refractivity contribution in [2.75, 3.05) is 31.1 Å². The highest BCUT2D eigenvalue weighted by molar-refractivity contribution is 6.30. The van der Waals surface area contributed by atoms with Crippen molar-refractivity contribution < 1.29 is 4.79 Å². The maximum atomic E-state index is 12.6. The van der Waals surface area contributed by atoms with Crippen molar-refractivity contribution in [3.63, 3.8) is 0 Å². The Bertz CT molecular complexity index is 1020. The van der Waals surface area contributed by atoms with Crippen LogP contribution in [0.2, 0.25) is 5.02 Å². The van der Waals surface area contributed by atoms with Crippen molar-refractivity contribution in [2.45, 2.75) is 6.54 Å². The van der Waals surface area contributed by atoms with Crippen molar-refractivity contribution in [1.82, 2.24) is 14.5 Å². The summed E-state index contributed by atoms with van der Waals surface area (Å²) in [5.41, 5.74) is 1.55. The Morgan fingerprint density at radius 3 is 2.44 bits per heavy atom. The molecule has 138 valence electrons. The number of carbonyl (C=O) groups excluding carboxylic acids is 1. The van der Waals surface area contributed by atoms with Gasteiger partial charge in [0.1, 0.15) is 6.54 Å². The van der Waals surface area contributed by atoms with Gasteiger partial charge >= 0.3 is 0 Å². The molecule has 4 rings (SSSR count). The van der Waals surface area contributed by atoms with Gasteiger partial charge in [-0.2, -0.15) is 0 Å². The first kappa shape index (κ1) is 17.5. The standard InChI is InChI=1S/C20H19ClN4O2/c21-15-5-7-16(8-6-15)23-9-11-24(12-10-23)19(26)13-25-14-22-18-4-2-1-3-17(18)20(25)27/h1-8,14H,9-13H2. The lowest BCUT2D eigenvalue weighted by atomic mass is 10.2. The molecular formula is C20H19ClN4O2. The van der Waals surface area contributed by atoms with E-state index in [1.807, 2.05) is 30.3 Å². The Kier molecular flexibility index (Phi) is 4.81. The summed E-state index contributed by atoms with van der Waals surface area (Å²) in [4.78, 5) is 33.5. The third-order valence-electron chi connectivity index (χ3n) is 4.86. The molecule has 0 N–H and O–H groups in total. The summed E-state index contributed by atoms with van der Waals surface area (Å²) in [5, 5.41) is 1.24. The van der Waals surface area contributed by atoms with E-state index in [-0.39, 0.29) is 18.0 Å². The molecule has 6 nitrogen and oxygen atoms in total. The van der Waals surface area contributed by atoms with E-state index in [1.54, 1.807) is 23.1 Å². The van der Waals surface area contributed by atoms with E-state index < -0.39 is 0 Å². The summed E-state index contributed by atoms with van der Waals surface area (Å²) in [6.45, 7) is 2.75. The molecule has 0 radical (unpaired) electrons. The summed E-state index contributed by atoms with van der Waals surface area (Å²) >= 11 is 5.94. The van der Waals surface area contributed by atoms with Gasteiger partial charge in [-0.1, -0.05) is 23.7 Å². The molecule has 3 aromatic rings. The normalized spacial score (nSPS) is 14.6. The lowest BCUT2D eigenvalue weighted by Crippen LogP contribution is -2.50. The van der Waals surface area contributed by atoms with Gasteiger partial charge in [0, 0.05) is 36.9 Å². The minimum absolute atomic E-state index is 0.0115. The summed E-state index contributed by atoms with van der Waals surface area (Å²) in [7, 11) is 0. The minimum atomic E-state index is -0.186. The maximum absolute atomic E-state index is 12.6. The molecule has 1 amide bonds. The number of rotatable bonds is 3. The first-order valence-electron chi connectivity index (χ1n) is 8.84. The van der Waals surface area contributed by atoms with Gasteiger partial charge in [0.15, 0.2) is 0 Å². The van der Waals surface area contributed by atoms with Crippen LogP contribution >= 0.6 is 11.6 Å². The van der Waals surface area contributed by atoms with Gasteiger partial charge in [0.05, 0.1) is 17.2 Å². The zero-order valence-corrected chi connectivity index (χ0v) is 15.5. The predicted octanol–water partition coefficient (Wildman–Crippen LogP) is 2.40. The largest absolute Gasteiger partial charge is 0.368 e. The lowest BCUT2D eigenvalue weighted by molar-refractivity contribution is -0.132. The molecule has 1 saturated heterocycles. The Labute approximate surface area is 161 Å². The number of halogens is 1. The molecule has 7 heteroatoms. The summed E-state index contributed by atoms with van der Waals surface area (Å²) < 4.78 is 1.39. The number of piperazine rings is 1. The summed E-state index contributed by atoms with van der Waals surface area (Å²) in [6.07, 6.45) is 1.45. The van der Waals surface area contributed by atoms with Crippen molar-refractivity contribution >= 4 is 34.1 Å². The first-order chi connectivity index (χ1) is 13.1. The SMILES string of the molecule is O=C(Cn1cnc2ccccc2c1=O)N1CCN(c2ccc(Cl)cc2)CC1. The number of nitrogens with zero attached hydrogens (tertiary/aromatic N) is 4. The third-order valence-corrected chi connectivity index (χ3v) is 5.11. The summed E-state index contributed by atoms with van der Waals surface area (Å²) in [6, 6.07) is 14.9. The topological polar surface area (TPSA) is 58.4 Å². The summed E-state index contributed by atoms with van der Waals surface area (Å²) in [5.74, 6) is -0.0649. The number of amides is 1. The average Bonchev–Trinajstić information content (AvgIpc) is 2.71. The van der Waals surface area contributed by atoms with Gasteiger partial charge in [-0.25, -0.2) is 4.98 Å².